The predicted octanol–water partition coefficient (Wildman–Crippen LogP) is 1.47. The summed E-state index contributed by atoms with van der Waals surface area (Å²) in [5.74, 6) is 0.570. The fourth-order valence-corrected chi connectivity index (χ4v) is 3.62. The molecule has 2 heterocycles. The topological polar surface area (TPSA) is 61.6 Å². The Hall–Kier alpha value is -2.25. The van der Waals surface area contributed by atoms with E-state index in [2.05, 4.69) is 9.88 Å². The van der Waals surface area contributed by atoms with Gasteiger partial charge in [-0.05, 0) is 38.1 Å². The SMILES string of the molecule is Cc1nccn1C[C@@]1(O)CN(C)CCN(C(=O)CCc2ccc(F)cc2)C1. The first-order valence-electron chi connectivity index (χ1n) is 9.25. The highest BCUT2D eigenvalue weighted by molar-refractivity contribution is 5.76. The summed E-state index contributed by atoms with van der Waals surface area (Å²) >= 11 is 0. The highest BCUT2D eigenvalue weighted by atomic mass is 19.1. The number of amides is 1. The smallest absolute Gasteiger partial charge is 0.223 e. The molecule has 1 saturated heterocycles. The zero-order valence-electron chi connectivity index (χ0n) is 15.9. The van der Waals surface area contributed by atoms with Crippen LogP contribution in [0.25, 0.3) is 0 Å². The molecule has 1 aromatic heterocycles. The van der Waals surface area contributed by atoms with Gasteiger partial charge in [-0.15, -0.1) is 0 Å². The minimum absolute atomic E-state index is 0.00963. The van der Waals surface area contributed by atoms with Gasteiger partial charge in [0.05, 0.1) is 13.1 Å². The van der Waals surface area contributed by atoms with Crippen LogP contribution in [0.15, 0.2) is 36.7 Å². The Morgan fingerprint density at radius 3 is 2.67 bits per heavy atom. The van der Waals surface area contributed by atoms with Crippen LogP contribution in [0.4, 0.5) is 4.39 Å². The van der Waals surface area contributed by atoms with E-state index >= 15 is 0 Å². The van der Waals surface area contributed by atoms with Crippen LogP contribution < -0.4 is 0 Å². The number of rotatable bonds is 5. The monoisotopic (exact) mass is 374 g/mol. The molecule has 1 amide bonds. The summed E-state index contributed by atoms with van der Waals surface area (Å²) in [6, 6.07) is 6.23. The Labute approximate surface area is 159 Å². The molecule has 6 nitrogen and oxygen atoms in total. The summed E-state index contributed by atoms with van der Waals surface area (Å²) in [6.45, 7) is 4.38. The van der Waals surface area contributed by atoms with Crippen LogP contribution >= 0.6 is 0 Å². The van der Waals surface area contributed by atoms with Gasteiger partial charge in [-0.2, -0.15) is 0 Å². The summed E-state index contributed by atoms with van der Waals surface area (Å²) in [5, 5.41) is 11.2. The molecular weight excluding hydrogens is 347 g/mol. The molecule has 1 aromatic carbocycles. The van der Waals surface area contributed by atoms with Crippen LogP contribution in [-0.4, -0.2) is 69.2 Å². The zero-order chi connectivity index (χ0) is 19.4. The fourth-order valence-electron chi connectivity index (χ4n) is 3.62. The van der Waals surface area contributed by atoms with Crippen LogP contribution in [-0.2, 0) is 17.8 Å². The van der Waals surface area contributed by atoms with Gasteiger partial charge in [0.1, 0.15) is 17.2 Å². The van der Waals surface area contributed by atoms with E-state index < -0.39 is 5.60 Å². The molecule has 3 rings (SSSR count). The number of benzene rings is 1. The van der Waals surface area contributed by atoms with Crippen molar-refractivity contribution >= 4 is 5.91 Å². The Balaban J connectivity index is 1.65. The molecular formula is C20H27FN4O2. The summed E-state index contributed by atoms with van der Waals surface area (Å²) in [5.41, 5.74) is -0.108. The summed E-state index contributed by atoms with van der Waals surface area (Å²) < 4.78 is 14.9. The van der Waals surface area contributed by atoms with E-state index in [4.69, 9.17) is 0 Å². The van der Waals surface area contributed by atoms with Gasteiger partial charge in [0.2, 0.25) is 5.91 Å². The molecule has 1 N–H and O–H groups in total. The standard InChI is InChI=1S/C20H27FN4O2/c1-16-22-9-10-24(16)14-20(27)13-23(2)11-12-25(15-20)19(26)8-5-17-3-6-18(21)7-4-17/h3-4,6-7,9-10,27H,5,8,11-15H2,1-2H3/t20-/m0/s1. The van der Waals surface area contributed by atoms with Gasteiger partial charge in [0.25, 0.3) is 0 Å². The van der Waals surface area contributed by atoms with Crippen molar-refractivity contribution in [3.05, 3.63) is 53.9 Å². The molecule has 0 unspecified atom stereocenters. The van der Waals surface area contributed by atoms with Gasteiger partial charge in [-0.1, -0.05) is 12.1 Å². The maximum absolute atomic E-state index is 13.0. The third-order valence-electron chi connectivity index (χ3n) is 5.08. The van der Waals surface area contributed by atoms with Gasteiger partial charge in [0.15, 0.2) is 0 Å². The van der Waals surface area contributed by atoms with Crippen LogP contribution in [0.5, 0.6) is 0 Å². The maximum atomic E-state index is 13.0. The third kappa shape index (κ3) is 5.14. The lowest BCUT2D eigenvalue weighted by atomic mass is 10.0. The number of carbonyl (C=O) groups excluding carboxylic acids is 1. The Morgan fingerprint density at radius 1 is 1.26 bits per heavy atom. The van der Waals surface area contributed by atoms with Gasteiger partial charge >= 0.3 is 0 Å². The Morgan fingerprint density at radius 2 is 2.00 bits per heavy atom. The van der Waals surface area contributed by atoms with Crippen molar-refractivity contribution in [2.75, 3.05) is 33.2 Å². The highest BCUT2D eigenvalue weighted by Crippen LogP contribution is 2.18. The number of carbonyl (C=O) groups is 1. The number of β-amino-alcohol motifs (C(OH)–C–C–N with tert-alkyl or cyclic N) is 1. The van der Waals surface area contributed by atoms with Crippen molar-refractivity contribution in [3.63, 3.8) is 0 Å². The molecule has 0 saturated carbocycles. The van der Waals surface area contributed by atoms with E-state index in [1.165, 1.54) is 12.1 Å². The van der Waals surface area contributed by atoms with E-state index in [-0.39, 0.29) is 18.3 Å². The molecule has 1 aliphatic rings. The third-order valence-corrected chi connectivity index (χ3v) is 5.08. The molecule has 27 heavy (non-hydrogen) atoms. The lowest BCUT2D eigenvalue weighted by molar-refractivity contribution is -0.134. The Bertz CT molecular complexity index is 777. The van der Waals surface area contributed by atoms with Crippen molar-refractivity contribution in [2.24, 2.45) is 0 Å². The molecule has 0 aliphatic carbocycles. The highest BCUT2D eigenvalue weighted by Gasteiger charge is 2.36. The number of likely N-dealkylation sites (N-methyl/N-ethyl adjacent to an activating group) is 1. The first kappa shape index (κ1) is 19.5. The molecule has 146 valence electrons. The minimum Gasteiger partial charge on any atom is -0.385 e. The molecule has 1 aliphatic heterocycles. The van der Waals surface area contributed by atoms with E-state index in [1.807, 2.05) is 24.7 Å². The first-order chi connectivity index (χ1) is 12.8. The number of nitrogens with zero attached hydrogens (tertiary/aromatic N) is 4. The molecule has 1 fully saturated rings. The van der Waals surface area contributed by atoms with Gasteiger partial charge in [-0.3, -0.25) is 4.79 Å². The van der Waals surface area contributed by atoms with Gasteiger partial charge in [0, 0.05) is 38.4 Å². The van der Waals surface area contributed by atoms with Crippen molar-refractivity contribution in [1.29, 1.82) is 0 Å². The number of hydrogen-bond donors (Lipinski definition) is 1. The van der Waals surface area contributed by atoms with Crippen LogP contribution in [0.2, 0.25) is 0 Å². The van der Waals surface area contributed by atoms with Crippen molar-refractivity contribution in [2.45, 2.75) is 31.9 Å². The number of aryl methyl sites for hydroxylation is 2. The molecule has 7 heteroatoms. The summed E-state index contributed by atoms with van der Waals surface area (Å²) in [4.78, 5) is 20.8. The maximum Gasteiger partial charge on any atom is 0.223 e. The lowest BCUT2D eigenvalue weighted by Crippen LogP contribution is -2.50. The van der Waals surface area contributed by atoms with Crippen molar-refractivity contribution in [1.82, 2.24) is 19.4 Å². The number of aliphatic hydroxyl groups is 1. The number of imidazole rings is 1. The second kappa shape index (κ2) is 8.19. The number of halogens is 1. The summed E-state index contributed by atoms with van der Waals surface area (Å²) in [6.07, 6.45) is 4.46. The molecule has 1 atom stereocenters. The molecule has 0 radical (unpaired) electrons. The first-order valence-corrected chi connectivity index (χ1v) is 9.25. The average Bonchev–Trinajstić information content (AvgIpc) is 2.94. The van der Waals surface area contributed by atoms with E-state index in [1.54, 1.807) is 23.2 Å². The van der Waals surface area contributed by atoms with Crippen molar-refractivity contribution in [3.8, 4) is 0 Å². The zero-order valence-corrected chi connectivity index (χ0v) is 15.9. The van der Waals surface area contributed by atoms with Crippen LogP contribution in [0.3, 0.4) is 0 Å². The molecule has 2 aromatic rings. The van der Waals surface area contributed by atoms with Crippen molar-refractivity contribution < 1.29 is 14.3 Å². The predicted molar refractivity (Wildman–Crippen MR) is 101 cm³/mol. The van der Waals surface area contributed by atoms with Gasteiger partial charge < -0.3 is 19.5 Å². The van der Waals surface area contributed by atoms with E-state index in [9.17, 15) is 14.3 Å². The quantitative estimate of drug-likeness (QED) is 0.861. The largest absolute Gasteiger partial charge is 0.385 e. The lowest BCUT2D eigenvalue weighted by Gasteiger charge is -2.33. The second-order valence-corrected chi connectivity index (χ2v) is 7.51. The molecule has 0 bridgehead atoms. The fraction of sp³-hybridized carbons (Fsp3) is 0.500. The average molecular weight is 374 g/mol. The summed E-state index contributed by atoms with van der Waals surface area (Å²) in [7, 11) is 1.96. The minimum atomic E-state index is -1.04. The molecule has 0 spiro atoms. The van der Waals surface area contributed by atoms with Gasteiger partial charge in [-0.25, -0.2) is 9.37 Å². The normalized spacial score (nSPS) is 21.3. The van der Waals surface area contributed by atoms with E-state index in [0.29, 0.717) is 39.0 Å². The number of aromatic nitrogens is 2. The van der Waals surface area contributed by atoms with E-state index in [0.717, 1.165) is 11.4 Å². The van der Waals surface area contributed by atoms with Crippen LogP contribution in [0, 0.1) is 12.7 Å². The Kier molecular flexibility index (Phi) is 5.92. The number of hydrogen-bond acceptors (Lipinski definition) is 4. The van der Waals surface area contributed by atoms with Crippen LogP contribution in [0.1, 0.15) is 17.8 Å². The second-order valence-electron chi connectivity index (χ2n) is 7.51.